The van der Waals surface area contributed by atoms with Gasteiger partial charge >= 0.3 is 0 Å². The van der Waals surface area contributed by atoms with Crippen LogP contribution in [0.25, 0.3) is 0 Å². The lowest BCUT2D eigenvalue weighted by molar-refractivity contribution is -0.134. The maximum absolute atomic E-state index is 12.4. The molecule has 2 heterocycles. The molecule has 0 aromatic heterocycles. The van der Waals surface area contributed by atoms with Crippen LogP contribution in [0.15, 0.2) is 0 Å². The first kappa shape index (κ1) is 17.2. The Kier molecular flexibility index (Phi) is 6.66. The first-order valence-corrected chi connectivity index (χ1v) is 8.70. The minimum Gasteiger partial charge on any atom is -0.343 e. The number of nitrogens with zero attached hydrogens (tertiary/aromatic N) is 4. The van der Waals surface area contributed by atoms with Crippen molar-refractivity contribution in [2.45, 2.75) is 45.1 Å². The van der Waals surface area contributed by atoms with Gasteiger partial charge in [-0.1, -0.05) is 6.42 Å². The van der Waals surface area contributed by atoms with Crippen molar-refractivity contribution >= 4 is 5.91 Å². The molecule has 0 aliphatic carbocycles. The summed E-state index contributed by atoms with van der Waals surface area (Å²) in [7, 11) is 1.80. The molecule has 5 heteroatoms. The maximum atomic E-state index is 12.4. The molecule has 0 spiro atoms. The number of likely N-dealkylation sites (N-methyl/N-ethyl adjacent to an activating group) is 1. The summed E-state index contributed by atoms with van der Waals surface area (Å²) in [5.41, 5.74) is 0. The number of nitriles is 1. The van der Waals surface area contributed by atoms with Crippen LogP contribution in [0.5, 0.6) is 0 Å². The van der Waals surface area contributed by atoms with Crippen LogP contribution in [0.2, 0.25) is 0 Å². The Balaban J connectivity index is 1.76. The number of hydrogen-bond acceptors (Lipinski definition) is 4. The summed E-state index contributed by atoms with van der Waals surface area (Å²) in [6.45, 7) is 8.30. The molecule has 2 unspecified atom stereocenters. The molecule has 2 rings (SSSR count). The van der Waals surface area contributed by atoms with Gasteiger partial charge in [0.05, 0.1) is 18.5 Å². The highest BCUT2D eigenvalue weighted by molar-refractivity contribution is 5.81. The molecule has 2 saturated heterocycles. The SMILES string of the molecule is CC(C(=O)N(C)CCC#N)N1CCC(CN2CCCCC2)C1. The number of amides is 1. The van der Waals surface area contributed by atoms with Crippen LogP contribution in [0, 0.1) is 17.2 Å². The molecule has 0 aromatic carbocycles. The summed E-state index contributed by atoms with van der Waals surface area (Å²) >= 11 is 0. The Labute approximate surface area is 134 Å². The standard InChI is InChI=1S/C17H30N4O/c1-15(17(22)19(2)9-6-8-18)21-12-7-16(14-21)13-20-10-4-3-5-11-20/h15-16H,3-7,9-14H2,1-2H3. The fourth-order valence-electron chi connectivity index (χ4n) is 3.67. The molecular formula is C17H30N4O. The predicted octanol–water partition coefficient (Wildman–Crippen LogP) is 1.55. The highest BCUT2D eigenvalue weighted by atomic mass is 16.2. The predicted molar refractivity (Wildman–Crippen MR) is 87.3 cm³/mol. The quantitative estimate of drug-likeness (QED) is 0.747. The van der Waals surface area contributed by atoms with Crippen molar-refractivity contribution in [1.29, 1.82) is 5.26 Å². The van der Waals surface area contributed by atoms with Gasteiger partial charge in [0.25, 0.3) is 0 Å². The zero-order chi connectivity index (χ0) is 15.9. The molecule has 2 aliphatic rings. The number of carbonyl (C=O) groups is 1. The topological polar surface area (TPSA) is 50.6 Å². The van der Waals surface area contributed by atoms with E-state index in [0.717, 1.165) is 13.1 Å². The van der Waals surface area contributed by atoms with Gasteiger partial charge < -0.3 is 9.80 Å². The third-order valence-corrected chi connectivity index (χ3v) is 5.12. The zero-order valence-electron chi connectivity index (χ0n) is 14.1. The van der Waals surface area contributed by atoms with Crippen molar-refractivity contribution < 1.29 is 4.79 Å². The van der Waals surface area contributed by atoms with Gasteiger partial charge in [-0.3, -0.25) is 9.69 Å². The Bertz CT molecular complexity index is 400. The fraction of sp³-hybridized carbons (Fsp3) is 0.882. The molecule has 1 amide bonds. The van der Waals surface area contributed by atoms with Gasteiger partial charge in [-0.25, -0.2) is 0 Å². The van der Waals surface area contributed by atoms with E-state index >= 15 is 0 Å². The van der Waals surface area contributed by atoms with E-state index in [-0.39, 0.29) is 11.9 Å². The van der Waals surface area contributed by atoms with Gasteiger partial charge in [-0.05, 0) is 51.7 Å². The summed E-state index contributed by atoms with van der Waals surface area (Å²) in [6.07, 6.45) is 5.68. The minimum absolute atomic E-state index is 0.0601. The first-order chi connectivity index (χ1) is 10.6. The zero-order valence-corrected chi connectivity index (χ0v) is 14.1. The number of hydrogen-bond donors (Lipinski definition) is 0. The van der Waals surface area contributed by atoms with Crippen molar-refractivity contribution in [2.24, 2.45) is 5.92 Å². The summed E-state index contributed by atoms with van der Waals surface area (Å²) in [5, 5.41) is 8.63. The van der Waals surface area contributed by atoms with Crippen LogP contribution in [-0.2, 0) is 4.79 Å². The number of likely N-dealkylation sites (tertiary alicyclic amines) is 2. The second-order valence-electron chi connectivity index (χ2n) is 6.85. The first-order valence-electron chi connectivity index (χ1n) is 8.70. The third-order valence-electron chi connectivity index (χ3n) is 5.12. The highest BCUT2D eigenvalue weighted by Gasteiger charge is 2.31. The molecule has 22 heavy (non-hydrogen) atoms. The Hall–Kier alpha value is -1.12. The van der Waals surface area contributed by atoms with E-state index in [9.17, 15) is 4.79 Å². The van der Waals surface area contributed by atoms with E-state index in [1.807, 2.05) is 6.92 Å². The summed E-state index contributed by atoms with van der Waals surface area (Å²) in [4.78, 5) is 19.0. The Morgan fingerprint density at radius 1 is 1.32 bits per heavy atom. The largest absolute Gasteiger partial charge is 0.343 e. The Morgan fingerprint density at radius 2 is 2.05 bits per heavy atom. The monoisotopic (exact) mass is 306 g/mol. The van der Waals surface area contributed by atoms with E-state index in [2.05, 4.69) is 15.9 Å². The maximum Gasteiger partial charge on any atom is 0.239 e. The molecule has 0 radical (unpaired) electrons. The summed E-state index contributed by atoms with van der Waals surface area (Å²) in [5.74, 6) is 0.853. The van der Waals surface area contributed by atoms with E-state index in [1.54, 1.807) is 11.9 Å². The molecule has 0 N–H and O–H groups in total. The smallest absolute Gasteiger partial charge is 0.239 e. The van der Waals surface area contributed by atoms with Gasteiger partial charge in [0.15, 0.2) is 0 Å². The van der Waals surface area contributed by atoms with Gasteiger partial charge in [-0.2, -0.15) is 5.26 Å². The van der Waals surface area contributed by atoms with Crippen LogP contribution in [0.3, 0.4) is 0 Å². The molecule has 2 fully saturated rings. The lowest BCUT2D eigenvalue weighted by atomic mass is 10.1. The lowest BCUT2D eigenvalue weighted by Crippen LogP contribution is -2.45. The molecule has 0 aromatic rings. The number of rotatable bonds is 6. The minimum atomic E-state index is -0.0601. The van der Waals surface area contributed by atoms with E-state index in [1.165, 1.54) is 45.3 Å². The normalized spacial score (nSPS) is 24.9. The average molecular weight is 306 g/mol. The van der Waals surface area contributed by atoms with Crippen molar-refractivity contribution in [3.8, 4) is 6.07 Å². The molecular weight excluding hydrogens is 276 g/mol. The van der Waals surface area contributed by atoms with Gasteiger partial charge in [0.1, 0.15) is 0 Å². The van der Waals surface area contributed by atoms with Crippen LogP contribution < -0.4 is 0 Å². The van der Waals surface area contributed by atoms with Crippen LogP contribution in [0.4, 0.5) is 0 Å². The van der Waals surface area contributed by atoms with E-state index < -0.39 is 0 Å². The number of piperidine rings is 1. The molecule has 124 valence electrons. The fourth-order valence-corrected chi connectivity index (χ4v) is 3.67. The van der Waals surface area contributed by atoms with Crippen molar-refractivity contribution in [3.05, 3.63) is 0 Å². The van der Waals surface area contributed by atoms with Crippen molar-refractivity contribution in [2.75, 3.05) is 46.3 Å². The second-order valence-corrected chi connectivity index (χ2v) is 6.85. The van der Waals surface area contributed by atoms with Crippen LogP contribution >= 0.6 is 0 Å². The number of carbonyl (C=O) groups excluding carboxylic acids is 1. The van der Waals surface area contributed by atoms with Crippen molar-refractivity contribution in [3.63, 3.8) is 0 Å². The lowest BCUT2D eigenvalue weighted by Gasteiger charge is -2.30. The molecule has 0 bridgehead atoms. The summed E-state index contributed by atoms with van der Waals surface area (Å²) in [6, 6.07) is 2.04. The van der Waals surface area contributed by atoms with Crippen LogP contribution in [0.1, 0.15) is 39.0 Å². The van der Waals surface area contributed by atoms with E-state index in [0.29, 0.717) is 18.9 Å². The molecule has 0 saturated carbocycles. The third kappa shape index (κ3) is 4.69. The average Bonchev–Trinajstić information content (AvgIpc) is 3.00. The van der Waals surface area contributed by atoms with Gasteiger partial charge in [0, 0.05) is 26.7 Å². The summed E-state index contributed by atoms with van der Waals surface area (Å²) < 4.78 is 0. The van der Waals surface area contributed by atoms with Crippen LogP contribution in [-0.4, -0.2) is 73.0 Å². The molecule has 2 aliphatic heterocycles. The highest BCUT2D eigenvalue weighted by Crippen LogP contribution is 2.22. The van der Waals surface area contributed by atoms with E-state index in [4.69, 9.17) is 5.26 Å². The van der Waals surface area contributed by atoms with Gasteiger partial charge in [0.2, 0.25) is 5.91 Å². The molecule has 5 nitrogen and oxygen atoms in total. The molecule has 2 atom stereocenters. The second kappa shape index (κ2) is 8.50. The Morgan fingerprint density at radius 3 is 2.73 bits per heavy atom. The van der Waals surface area contributed by atoms with Gasteiger partial charge in [-0.15, -0.1) is 0 Å². The van der Waals surface area contributed by atoms with Crippen molar-refractivity contribution in [1.82, 2.24) is 14.7 Å².